The second-order valence-electron chi connectivity index (χ2n) is 6.18. The average Bonchev–Trinajstić information content (AvgIpc) is 2.46. The smallest absolute Gasteiger partial charge is 0.120 e. The van der Waals surface area contributed by atoms with Crippen LogP contribution in [0.15, 0.2) is 0 Å². The minimum Gasteiger partial charge on any atom is -0.328 e. The first-order chi connectivity index (χ1) is 9.81. The fraction of sp³-hybridized carbons (Fsp3) is 0.944. The second kappa shape index (κ2) is 16.7. The van der Waals surface area contributed by atoms with Crippen LogP contribution in [0.1, 0.15) is 103 Å². The lowest BCUT2D eigenvalue weighted by Crippen LogP contribution is -2.19. The van der Waals surface area contributed by atoms with Gasteiger partial charge in [0.25, 0.3) is 0 Å². The van der Waals surface area contributed by atoms with Gasteiger partial charge in [-0.2, -0.15) is 0 Å². The minimum absolute atomic E-state index is 0.239. The monoisotopic (exact) mass is 283 g/mol. The van der Waals surface area contributed by atoms with E-state index in [1.54, 1.807) is 0 Å². The quantitative estimate of drug-likeness (QED) is 0.305. The number of nitrogens with two attached hydrogens (primary N) is 1. The van der Waals surface area contributed by atoms with Crippen molar-refractivity contribution in [2.75, 3.05) is 0 Å². The molecule has 0 aromatic carbocycles. The van der Waals surface area contributed by atoms with Crippen LogP contribution in [0.2, 0.25) is 0 Å². The summed E-state index contributed by atoms with van der Waals surface area (Å²) in [6.07, 6.45) is 20.2. The van der Waals surface area contributed by atoms with Crippen LogP contribution in [0, 0.1) is 0 Å². The molecule has 0 fully saturated rings. The molecule has 0 bridgehead atoms. The van der Waals surface area contributed by atoms with Crippen LogP contribution in [0.3, 0.4) is 0 Å². The predicted octanol–water partition coefficient (Wildman–Crippen LogP) is 5.38. The van der Waals surface area contributed by atoms with Crippen molar-refractivity contribution in [3.63, 3.8) is 0 Å². The summed E-state index contributed by atoms with van der Waals surface area (Å²) in [7, 11) is 0. The topological polar surface area (TPSA) is 43.1 Å². The van der Waals surface area contributed by atoms with E-state index in [-0.39, 0.29) is 6.04 Å². The van der Waals surface area contributed by atoms with Gasteiger partial charge in [0.2, 0.25) is 0 Å². The van der Waals surface area contributed by atoms with Crippen LogP contribution >= 0.6 is 0 Å². The largest absolute Gasteiger partial charge is 0.328 e. The number of rotatable bonds is 16. The van der Waals surface area contributed by atoms with Crippen molar-refractivity contribution in [2.24, 2.45) is 5.73 Å². The summed E-state index contributed by atoms with van der Waals surface area (Å²) in [6.45, 7) is 2.27. The third-order valence-electron chi connectivity index (χ3n) is 4.08. The number of hydrogen-bond donors (Lipinski definition) is 1. The minimum atomic E-state index is 0.239. The van der Waals surface area contributed by atoms with E-state index >= 15 is 0 Å². The molecule has 0 aliphatic carbocycles. The molecule has 0 rings (SSSR count). The molecule has 0 radical (unpaired) electrons. The number of unbranched alkanes of at least 4 members (excludes halogenated alkanes) is 11. The van der Waals surface area contributed by atoms with Gasteiger partial charge in [0, 0.05) is 12.5 Å². The molecule has 1 unspecified atom stereocenters. The van der Waals surface area contributed by atoms with Crippen molar-refractivity contribution < 1.29 is 4.79 Å². The Morgan fingerprint density at radius 2 is 1.20 bits per heavy atom. The highest BCUT2D eigenvalue weighted by Gasteiger charge is 2.01. The number of hydrogen-bond acceptors (Lipinski definition) is 2. The Hall–Kier alpha value is -0.370. The van der Waals surface area contributed by atoms with Gasteiger partial charge in [-0.1, -0.05) is 84.0 Å². The molecule has 0 aliphatic heterocycles. The second-order valence-corrected chi connectivity index (χ2v) is 6.18. The van der Waals surface area contributed by atoms with E-state index in [0.29, 0.717) is 6.42 Å². The van der Waals surface area contributed by atoms with E-state index in [4.69, 9.17) is 5.73 Å². The zero-order chi connectivity index (χ0) is 14.9. The third kappa shape index (κ3) is 15.7. The Kier molecular flexibility index (Phi) is 16.4. The van der Waals surface area contributed by atoms with Gasteiger partial charge in [-0.15, -0.1) is 0 Å². The number of carbonyl (C=O) groups excluding carboxylic acids is 1. The maximum Gasteiger partial charge on any atom is 0.120 e. The van der Waals surface area contributed by atoms with Gasteiger partial charge >= 0.3 is 0 Å². The predicted molar refractivity (Wildman–Crippen MR) is 89.0 cm³/mol. The molecule has 0 saturated heterocycles. The van der Waals surface area contributed by atoms with Gasteiger partial charge in [-0.25, -0.2) is 0 Å². The molecule has 2 nitrogen and oxygen atoms in total. The average molecular weight is 283 g/mol. The lowest BCUT2D eigenvalue weighted by atomic mass is 10.0. The molecule has 0 amide bonds. The van der Waals surface area contributed by atoms with E-state index in [1.165, 1.54) is 77.0 Å². The van der Waals surface area contributed by atoms with E-state index in [9.17, 15) is 4.79 Å². The van der Waals surface area contributed by atoms with Gasteiger partial charge in [0.1, 0.15) is 6.29 Å². The maximum absolute atomic E-state index is 10.2. The fourth-order valence-corrected chi connectivity index (χ4v) is 2.67. The Morgan fingerprint density at radius 1 is 0.750 bits per heavy atom. The van der Waals surface area contributed by atoms with Crippen molar-refractivity contribution in [1.29, 1.82) is 0 Å². The van der Waals surface area contributed by atoms with Gasteiger partial charge in [-0.3, -0.25) is 0 Å². The van der Waals surface area contributed by atoms with Crippen molar-refractivity contribution in [2.45, 2.75) is 109 Å². The Morgan fingerprint density at radius 3 is 1.65 bits per heavy atom. The van der Waals surface area contributed by atoms with Crippen molar-refractivity contribution >= 4 is 6.29 Å². The van der Waals surface area contributed by atoms with Crippen LogP contribution in [-0.2, 0) is 4.79 Å². The first-order valence-electron chi connectivity index (χ1n) is 9.00. The molecule has 1 atom stereocenters. The highest BCUT2D eigenvalue weighted by Crippen LogP contribution is 2.13. The third-order valence-corrected chi connectivity index (χ3v) is 4.08. The number of aldehydes is 1. The van der Waals surface area contributed by atoms with Crippen molar-refractivity contribution in [3.8, 4) is 0 Å². The molecule has 2 N–H and O–H groups in total. The highest BCUT2D eigenvalue weighted by molar-refractivity contribution is 5.49. The van der Waals surface area contributed by atoms with Crippen LogP contribution in [0.5, 0.6) is 0 Å². The van der Waals surface area contributed by atoms with Crippen LogP contribution in [0.25, 0.3) is 0 Å². The molecule has 0 heterocycles. The Balaban J connectivity index is 3.04. The van der Waals surface area contributed by atoms with Gasteiger partial charge in [0.15, 0.2) is 0 Å². The molecule has 120 valence electrons. The summed E-state index contributed by atoms with van der Waals surface area (Å²) in [5.41, 5.74) is 5.93. The van der Waals surface area contributed by atoms with Crippen molar-refractivity contribution in [3.05, 3.63) is 0 Å². The molecule has 0 spiro atoms. The summed E-state index contributed by atoms with van der Waals surface area (Å²) in [4.78, 5) is 10.2. The summed E-state index contributed by atoms with van der Waals surface area (Å²) in [6, 6.07) is 0.239. The fourth-order valence-electron chi connectivity index (χ4n) is 2.67. The normalized spacial score (nSPS) is 12.5. The lowest BCUT2D eigenvalue weighted by molar-refractivity contribution is -0.108. The van der Waals surface area contributed by atoms with Gasteiger partial charge in [-0.05, 0) is 12.8 Å². The SMILES string of the molecule is CCCCCCCCCCCCCCC(N)CCC=O. The molecule has 2 heteroatoms. The Bertz CT molecular complexity index is 194. The standard InChI is InChI=1S/C18H37NO/c1-2-3-4-5-6-7-8-9-10-11-12-13-15-18(19)16-14-17-20/h17-18H,2-16,19H2,1H3. The van der Waals surface area contributed by atoms with E-state index in [2.05, 4.69) is 6.92 Å². The van der Waals surface area contributed by atoms with E-state index < -0.39 is 0 Å². The first-order valence-corrected chi connectivity index (χ1v) is 9.00. The molecular weight excluding hydrogens is 246 g/mol. The molecule has 0 aliphatic rings. The summed E-state index contributed by atoms with van der Waals surface area (Å²) < 4.78 is 0. The Labute approximate surface area is 126 Å². The van der Waals surface area contributed by atoms with Gasteiger partial charge < -0.3 is 10.5 Å². The molecule has 20 heavy (non-hydrogen) atoms. The van der Waals surface area contributed by atoms with Crippen LogP contribution < -0.4 is 5.73 Å². The molecular formula is C18H37NO. The number of carbonyl (C=O) groups is 1. The summed E-state index contributed by atoms with van der Waals surface area (Å²) >= 11 is 0. The molecule has 0 saturated carbocycles. The molecule has 0 aromatic rings. The van der Waals surface area contributed by atoms with E-state index in [0.717, 1.165) is 19.1 Å². The summed E-state index contributed by atoms with van der Waals surface area (Å²) in [5, 5.41) is 0. The van der Waals surface area contributed by atoms with Gasteiger partial charge in [0.05, 0.1) is 0 Å². The van der Waals surface area contributed by atoms with E-state index in [1.807, 2.05) is 0 Å². The van der Waals surface area contributed by atoms with Crippen LogP contribution in [0.4, 0.5) is 0 Å². The highest BCUT2D eigenvalue weighted by atomic mass is 16.1. The zero-order valence-electron chi connectivity index (χ0n) is 13.7. The summed E-state index contributed by atoms with van der Waals surface area (Å²) in [5.74, 6) is 0. The lowest BCUT2D eigenvalue weighted by Gasteiger charge is -2.09. The zero-order valence-corrected chi connectivity index (χ0v) is 13.7. The van der Waals surface area contributed by atoms with Crippen molar-refractivity contribution in [1.82, 2.24) is 0 Å². The molecule has 0 aromatic heterocycles. The van der Waals surface area contributed by atoms with Crippen LogP contribution in [-0.4, -0.2) is 12.3 Å². The first kappa shape index (κ1) is 19.6. The maximum atomic E-state index is 10.2.